The fourth-order valence-electron chi connectivity index (χ4n) is 1.62. The van der Waals surface area contributed by atoms with Gasteiger partial charge in [-0.15, -0.1) is 0 Å². The minimum atomic E-state index is -1.04. The Balaban J connectivity index is 2.47. The third-order valence-electron chi connectivity index (χ3n) is 2.58. The van der Waals surface area contributed by atoms with Gasteiger partial charge in [0, 0.05) is 18.2 Å². The zero-order valence-electron chi connectivity index (χ0n) is 10.2. The van der Waals surface area contributed by atoms with Crippen molar-refractivity contribution >= 4 is 5.97 Å². The first kappa shape index (κ1) is 13.7. The Morgan fingerprint density at radius 1 is 1.59 bits per heavy atom. The highest BCUT2D eigenvalue weighted by Gasteiger charge is 2.14. The summed E-state index contributed by atoms with van der Waals surface area (Å²) in [4.78, 5) is 10.8. The van der Waals surface area contributed by atoms with Gasteiger partial charge >= 0.3 is 5.97 Å². The highest BCUT2D eigenvalue weighted by Crippen LogP contribution is 2.14. The van der Waals surface area contributed by atoms with E-state index in [9.17, 15) is 4.79 Å². The molecular formula is C12H19NO4. The standard InChI is InChI=1S/C12H19NO4/c1-8-6-10(17-11(8)12(15)16)7-13-9(2)4-3-5-14/h6,9,13-14H,3-5,7H2,1-2H3,(H,15,16). The number of aryl methyl sites for hydroxylation is 1. The second-order valence-corrected chi connectivity index (χ2v) is 4.18. The lowest BCUT2D eigenvalue weighted by atomic mass is 10.2. The largest absolute Gasteiger partial charge is 0.475 e. The van der Waals surface area contributed by atoms with E-state index < -0.39 is 5.97 Å². The number of carboxylic acid groups (broad SMARTS) is 1. The summed E-state index contributed by atoms with van der Waals surface area (Å²) in [6.07, 6.45) is 1.63. The van der Waals surface area contributed by atoms with Gasteiger partial charge in [0.25, 0.3) is 0 Å². The van der Waals surface area contributed by atoms with Gasteiger partial charge in [0.2, 0.25) is 5.76 Å². The molecule has 0 amide bonds. The van der Waals surface area contributed by atoms with E-state index in [4.69, 9.17) is 14.6 Å². The molecule has 17 heavy (non-hydrogen) atoms. The molecule has 0 aliphatic heterocycles. The molecule has 5 heteroatoms. The predicted octanol–water partition coefficient (Wildman–Crippen LogP) is 1.54. The van der Waals surface area contributed by atoms with Crippen LogP contribution in [-0.2, 0) is 6.54 Å². The van der Waals surface area contributed by atoms with E-state index in [1.807, 2.05) is 6.92 Å². The molecule has 0 spiro atoms. The molecule has 1 unspecified atom stereocenters. The Morgan fingerprint density at radius 3 is 2.82 bits per heavy atom. The molecule has 0 saturated carbocycles. The lowest BCUT2D eigenvalue weighted by Gasteiger charge is -2.11. The third-order valence-corrected chi connectivity index (χ3v) is 2.58. The molecule has 96 valence electrons. The lowest BCUT2D eigenvalue weighted by Crippen LogP contribution is -2.25. The Kier molecular flexibility index (Phi) is 5.18. The van der Waals surface area contributed by atoms with Crippen LogP contribution in [0.5, 0.6) is 0 Å². The van der Waals surface area contributed by atoms with Gasteiger partial charge < -0.3 is 19.9 Å². The third kappa shape index (κ3) is 4.20. The molecule has 0 saturated heterocycles. The molecule has 1 heterocycles. The summed E-state index contributed by atoms with van der Waals surface area (Å²) < 4.78 is 5.22. The molecule has 3 N–H and O–H groups in total. The second kappa shape index (κ2) is 6.42. The van der Waals surface area contributed by atoms with Crippen molar-refractivity contribution in [3.05, 3.63) is 23.2 Å². The van der Waals surface area contributed by atoms with E-state index in [1.54, 1.807) is 13.0 Å². The normalized spacial score (nSPS) is 12.6. The fourth-order valence-corrected chi connectivity index (χ4v) is 1.62. The molecule has 1 atom stereocenters. The van der Waals surface area contributed by atoms with E-state index in [-0.39, 0.29) is 18.4 Å². The molecule has 5 nitrogen and oxygen atoms in total. The average Bonchev–Trinajstić information content (AvgIpc) is 2.65. The van der Waals surface area contributed by atoms with Gasteiger partial charge in [-0.1, -0.05) is 0 Å². The number of carboxylic acids is 1. The molecule has 1 aromatic rings. The van der Waals surface area contributed by atoms with Crippen LogP contribution in [0.2, 0.25) is 0 Å². The topological polar surface area (TPSA) is 82.7 Å². The number of nitrogens with one attached hydrogen (secondary N) is 1. The summed E-state index contributed by atoms with van der Waals surface area (Å²) >= 11 is 0. The van der Waals surface area contributed by atoms with Crippen molar-refractivity contribution < 1.29 is 19.4 Å². The van der Waals surface area contributed by atoms with Gasteiger partial charge in [-0.25, -0.2) is 4.79 Å². The number of hydrogen-bond acceptors (Lipinski definition) is 4. The van der Waals surface area contributed by atoms with Gasteiger partial charge in [0.15, 0.2) is 0 Å². The van der Waals surface area contributed by atoms with Crippen LogP contribution in [0.1, 0.15) is 41.6 Å². The first-order valence-electron chi connectivity index (χ1n) is 5.71. The molecule has 1 rings (SSSR count). The van der Waals surface area contributed by atoms with Crippen LogP contribution in [-0.4, -0.2) is 28.8 Å². The first-order chi connectivity index (χ1) is 8.04. The molecule has 0 bridgehead atoms. The van der Waals surface area contributed by atoms with Crippen molar-refractivity contribution in [2.45, 2.75) is 39.3 Å². The molecule has 0 aliphatic rings. The highest BCUT2D eigenvalue weighted by molar-refractivity contribution is 5.86. The minimum Gasteiger partial charge on any atom is -0.475 e. The van der Waals surface area contributed by atoms with Crippen molar-refractivity contribution in [2.24, 2.45) is 0 Å². The Morgan fingerprint density at radius 2 is 2.29 bits per heavy atom. The van der Waals surface area contributed by atoms with Crippen molar-refractivity contribution in [2.75, 3.05) is 6.61 Å². The van der Waals surface area contributed by atoms with Gasteiger partial charge in [-0.05, 0) is 32.8 Å². The smallest absolute Gasteiger partial charge is 0.372 e. The molecule has 0 fully saturated rings. The van der Waals surface area contributed by atoms with Crippen LogP contribution in [0.15, 0.2) is 10.5 Å². The first-order valence-corrected chi connectivity index (χ1v) is 5.71. The maximum Gasteiger partial charge on any atom is 0.372 e. The van der Waals surface area contributed by atoms with Crippen molar-refractivity contribution in [1.82, 2.24) is 5.32 Å². The van der Waals surface area contributed by atoms with E-state index in [2.05, 4.69) is 5.32 Å². The zero-order chi connectivity index (χ0) is 12.8. The summed E-state index contributed by atoms with van der Waals surface area (Å²) in [6, 6.07) is 2.00. The van der Waals surface area contributed by atoms with Gasteiger partial charge in [0.1, 0.15) is 5.76 Å². The van der Waals surface area contributed by atoms with Crippen LogP contribution in [0.25, 0.3) is 0 Å². The molecule has 0 radical (unpaired) electrons. The van der Waals surface area contributed by atoms with Gasteiger partial charge in [-0.2, -0.15) is 0 Å². The number of furan rings is 1. The monoisotopic (exact) mass is 241 g/mol. The van der Waals surface area contributed by atoms with Crippen LogP contribution in [0.4, 0.5) is 0 Å². The molecule has 0 aromatic carbocycles. The highest BCUT2D eigenvalue weighted by atomic mass is 16.4. The van der Waals surface area contributed by atoms with Gasteiger partial charge in [0.05, 0.1) is 6.54 Å². The second-order valence-electron chi connectivity index (χ2n) is 4.18. The van der Waals surface area contributed by atoms with E-state index >= 15 is 0 Å². The maximum atomic E-state index is 10.8. The van der Waals surface area contributed by atoms with Crippen molar-refractivity contribution in [3.63, 3.8) is 0 Å². The summed E-state index contributed by atoms with van der Waals surface area (Å²) in [5.41, 5.74) is 0.636. The maximum absolute atomic E-state index is 10.8. The SMILES string of the molecule is Cc1cc(CNC(C)CCCO)oc1C(=O)O. The summed E-state index contributed by atoms with van der Waals surface area (Å²) in [7, 11) is 0. The number of rotatable bonds is 7. The Hall–Kier alpha value is -1.33. The summed E-state index contributed by atoms with van der Waals surface area (Å²) in [6.45, 7) is 4.42. The van der Waals surface area contributed by atoms with Crippen LogP contribution < -0.4 is 5.32 Å². The van der Waals surface area contributed by atoms with Crippen LogP contribution in [0.3, 0.4) is 0 Å². The summed E-state index contributed by atoms with van der Waals surface area (Å²) in [5.74, 6) is -0.414. The predicted molar refractivity (Wildman–Crippen MR) is 63.0 cm³/mol. The quantitative estimate of drug-likeness (QED) is 0.674. The number of aliphatic hydroxyl groups excluding tert-OH is 1. The number of aromatic carboxylic acids is 1. The molecular weight excluding hydrogens is 222 g/mol. The van der Waals surface area contributed by atoms with E-state index in [1.165, 1.54) is 0 Å². The lowest BCUT2D eigenvalue weighted by molar-refractivity contribution is 0.0659. The van der Waals surface area contributed by atoms with E-state index in [0.29, 0.717) is 17.9 Å². The zero-order valence-corrected chi connectivity index (χ0v) is 10.2. The average molecular weight is 241 g/mol. The number of aliphatic hydroxyl groups is 1. The number of hydrogen-bond donors (Lipinski definition) is 3. The Bertz CT molecular complexity index is 373. The van der Waals surface area contributed by atoms with Crippen LogP contribution in [0, 0.1) is 6.92 Å². The molecule has 0 aliphatic carbocycles. The van der Waals surface area contributed by atoms with E-state index in [0.717, 1.165) is 12.8 Å². The fraction of sp³-hybridized carbons (Fsp3) is 0.583. The van der Waals surface area contributed by atoms with Gasteiger partial charge in [-0.3, -0.25) is 0 Å². The van der Waals surface area contributed by atoms with Crippen molar-refractivity contribution in [1.29, 1.82) is 0 Å². The Labute approximate surface area is 100 Å². The molecule has 1 aromatic heterocycles. The van der Waals surface area contributed by atoms with Crippen molar-refractivity contribution in [3.8, 4) is 0 Å². The minimum absolute atomic E-state index is 0.00445. The summed E-state index contributed by atoms with van der Waals surface area (Å²) in [5, 5.41) is 20.7. The van der Waals surface area contributed by atoms with Crippen LogP contribution >= 0.6 is 0 Å². The number of carbonyl (C=O) groups is 1.